The highest BCUT2D eigenvalue weighted by molar-refractivity contribution is 5.82. The highest BCUT2D eigenvalue weighted by Gasteiger charge is 2.37. The van der Waals surface area contributed by atoms with Crippen LogP contribution in [0.2, 0.25) is 0 Å². The van der Waals surface area contributed by atoms with Gasteiger partial charge in [0, 0.05) is 32.2 Å². The van der Waals surface area contributed by atoms with E-state index in [1.54, 1.807) is 0 Å². The number of hydrogen-bond acceptors (Lipinski definition) is 2. The quantitative estimate of drug-likeness (QED) is 0.906. The van der Waals surface area contributed by atoms with Crippen molar-refractivity contribution in [3.8, 4) is 0 Å². The van der Waals surface area contributed by atoms with E-state index >= 15 is 0 Å². The van der Waals surface area contributed by atoms with Crippen LogP contribution in [0.4, 0.5) is 0 Å². The third kappa shape index (κ3) is 3.09. The molecule has 3 atom stereocenters. The molecule has 0 radical (unpaired) electrons. The Morgan fingerprint density at radius 3 is 2.74 bits per heavy atom. The molecule has 1 aromatic rings. The van der Waals surface area contributed by atoms with E-state index in [9.17, 15) is 0 Å². The number of likely N-dealkylation sites (tertiary alicyclic amines) is 1. The number of nitrogens with zero attached hydrogens (tertiary/aromatic N) is 3. The molecule has 2 heterocycles. The molecule has 3 unspecified atom stereocenters. The van der Waals surface area contributed by atoms with Crippen LogP contribution in [0.15, 0.2) is 35.3 Å². The Hall–Kier alpha value is -1.55. The first kappa shape index (κ1) is 15.0. The minimum atomic E-state index is 0.373. The Morgan fingerprint density at radius 2 is 2.04 bits per heavy atom. The number of fused-ring (bicyclic) bond motifs is 2. The van der Waals surface area contributed by atoms with Crippen LogP contribution >= 0.6 is 0 Å². The lowest BCUT2D eigenvalue weighted by atomic mass is 10.1. The smallest absolute Gasteiger partial charge is 0.194 e. The summed E-state index contributed by atoms with van der Waals surface area (Å²) in [7, 11) is 0. The van der Waals surface area contributed by atoms with Crippen molar-refractivity contribution in [3.05, 3.63) is 35.9 Å². The summed E-state index contributed by atoms with van der Waals surface area (Å²) < 4.78 is 0. The minimum absolute atomic E-state index is 0.373. The maximum absolute atomic E-state index is 4.89. The first-order valence-electron chi connectivity index (χ1n) is 9.18. The predicted molar refractivity (Wildman–Crippen MR) is 94.6 cm³/mol. The van der Waals surface area contributed by atoms with Gasteiger partial charge in [0.25, 0.3) is 0 Å². The molecule has 0 spiro atoms. The molecule has 3 fully saturated rings. The highest BCUT2D eigenvalue weighted by atomic mass is 15.4. The summed E-state index contributed by atoms with van der Waals surface area (Å²) in [5.74, 6) is 2.07. The number of nitrogens with one attached hydrogen (secondary N) is 1. The van der Waals surface area contributed by atoms with Gasteiger partial charge in [0.15, 0.2) is 5.96 Å². The van der Waals surface area contributed by atoms with Gasteiger partial charge in [0.2, 0.25) is 0 Å². The molecule has 4 nitrogen and oxygen atoms in total. The number of rotatable bonds is 5. The van der Waals surface area contributed by atoms with Gasteiger partial charge in [-0.1, -0.05) is 30.3 Å². The van der Waals surface area contributed by atoms with Gasteiger partial charge in [-0.3, -0.25) is 9.89 Å². The lowest BCUT2D eigenvalue weighted by Crippen LogP contribution is -2.35. The number of guanidine groups is 1. The van der Waals surface area contributed by atoms with E-state index in [0.29, 0.717) is 6.04 Å². The van der Waals surface area contributed by atoms with Crippen molar-refractivity contribution in [2.75, 3.05) is 32.7 Å². The molecule has 23 heavy (non-hydrogen) atoms. The van der Waals surface area contributed by atoms with E-state index in [1.807, 2.05) is 0 Å². The monoisotopic (exact) mass is 312 g/mol. The van der Waals surface area contributed by atoms with E-state index in [-0.39, 0.29) is 0 Å². The average molecular weight is 312 g/mol. The van der Waals surface area contributed by atoms with Crippen LogP contribution < -0.4 is 5.32 Å². The third-order valence-electron chi connectivity index (χ3n) is 5.76. The summed E-state index contributed by atoms with van der Waals surface area (Å²) in [5, 5.41) is 3.63. The molecule has 2 aliphatic heterocycles. The first-order valence-corrected chi connectivity index (χ1v) is 9.18. The van der Waals surface area contributed by atoms with Gasteiger partial charge in [-0.25, -0.2) is 0 Å². The van der Waals surface area contributed by atoms with Crippen molar-refractivity contribution < 1.29 is 0 Å². The standard InChI is InChI=1S/C19H28N4/c1-2-22-14-18(16-6-4-3-5-7-16)21-19(22)20-10-11-23-13-15-8-9-17(23)12-15/h3-7,15,17-18H,2,8-14H2,1H3,(H,20,21). The minimum Gasteiger partial charge on any atom is -0.348 e. The molecular weight excluding hydrogens is 284 g/mol. The number of hydrogen-bond donors (Lipinski definition) is 1. The van der Waals surface area contributed by atoms with Crippen LogP contribution in [0.25, 0.3) is 0 Å². The van der Waals surface area contributed by atoms with E-state index in [1.165, 1.54) is 31.4 Å². The molecule has 1 N–H and O–H groups in total. The maximum atomic E-state index is 4.89. The fourth-order valence-corrected chi connectivity index (χ4v) is 4.48. The number of aliphatic imine (C=N–C) groups is 1. The van der Waals surface area contributed by atoms with Gasteiger partial charge >= 0.3 is 0 Å². The number of piperidine rings is 1. The summed E-state index contributed by atoms with van der Waals surface area (Å²) in [4.78, 5) is 9.92. The zero-order valence-electron chi connectivity index (χ0n) is 14.1. The molecule has 2 saturated heterocycles. The molecule has 2 bridgehead atoms. The van der Waals surface area contributed by atoms with Crippen molar-refractivity contribution in [2.24, 2.45) is 10.9 Å². The van der Waals surface area contributed by atoms with E-state index in [0.717, 1.165) is 44.1 Å². The molecule has 4 heteroatoms. The Balaban J connectivity index is 1.35. The van der Waals surface area contributed by atoms with Crippen LogP contribution in [0.3, 0.4) is 0 Å². The van der Waals surface area contributed by atoms with E-state index < -0.39 is 0 Å². The Bertz CT molecular complexity index is 556. The summed E-state index contributed by atoms with van der Waals surface area (Å²) in [6.45, 7) is 7.61. The van der Waals surface area contributed by atoms with Crippen molar-refractivity contribution in [2.45, 2.75) is 38.3 Å². The number of likely N-dealkylation sites (N-methyl/N-ethyl adjacent to an activating group) is 1. The molecule has 3 aliphatic rings. The fraction of sp³-hybridized carbons (Fsp3) is 0.632. The fourth-order valence-electron chi connectivity index (χ4n) is 4.48. The molecule has 0 amide bonds. The Kier molecular flexibility index (Phi) is 4.25. The Morgan fingerprint density at radius 1 is 1.17 bits per heavy atom. The summed E-state index contributed by atoms with van der Waals surface area (Å²) in [6.07, 6.45) is 4.31. The predicted octanol–water partition coefficient (Wildman–Crippen LogP) is 2.49. The average Bonchev–Trinajstić information content (AvgIpc) is 3.30. The van der Waals surface area contributed by atoms with Crippen molar-refractivity contribution in [1.29, 1.82) is 0 Å². The van der Waals surface area contributed by atoms with Crippen LogP contribution in [0.5, 0.6) is 0 Å². The molecule has 1 saturated carbocycles. The largest absolute Gasteiger partial charge is 0.348 e. The van der Waals surface area contributed by atoms with Gasteiger partial charge in [-0.15, -0.1) is 0 Å². The SMILES string of the molecule is CCN1CC(c2ccccc2)NC1=NCCN1CC2CCC1C2. The molecular formula is C19H28N4. The molecule has 0 aromatic heterocycles. The zero-order chi connectivity index (χ0) is 15.6. The van der Waals surface area contributed by atoms with Gasteiger partial charge in [0.1, 0.15) is 0 Å². The van der Waals surface area contributed by atoms with Gasteiger partial charge in [0.05, 0.1) is 12.6 Å². The second-order valence-electron chi connectivity index (χ2n) is 7.18. The van der Waals surface area contributed by atoms with Gasteiger partial charge in [-0.05, 0) is 37.7 Å². The molecule has 4 rings (SSSR count). The summed E-state index contributed by atoms with van der Waals surface area (Å²) >= 11 is 0. The number of benzene rings is 1. The van der Waals surface area contributed by atoms with Crippen LogP contribution in [-0.4, -0.2) is 54.5 Å². The van der Waals surface area contributed by atoms with Gasteiger partial charge < -0.3 is 10.2 Å². The summed E-state index contributed by atoms with van der Waals surface area (Å²) in [5.41, 5.74) is 1.35. The highest BCUT2D eigenvalue weighted by Crippen LogP contribution is 2.36. The van der Waals surface area contributed by atoms with Crippen molar-refractivity contribution in [3.63, 3.8) is 0 Å². The lowest BCUT2D eigenvalue weighted by Gasteiger charge is -2.26. The van der Waals surface area contributed by atoms with Crippen LogP contribution in [-0.2, 0) is 0 Å². The van der Waals surface area contributed by atoms with E-state index in [2.05, 4.69) is 52.4 Å². The third-order valence-corrected chi connectivity index (χ3v) is 5.76. The van der Waals surface area contributed by atoms with Gasteiger partial charge in [-0.2, -0.15) is 0 Å². The van der Waals surface area contributed by atoms with Crippen molar-refractivity contribution >= 4 is 5.96 Å². The topological polar surface area (TPSA) is 30.9 Å². The van der Waals surface area contributed by atoms with Crippen molar-refractivity contribution in [1.82, 2.24) is 15.1 Å². The summed E-state index contributed by atoms with van der Waals surface area (Å²) in [6, 6.07) is 11.9. The second kappa shape index (κ2) is 6.52. The van der Waals surface area contributed by atoms with E-state index in [4.69, 9.17) is 4.99 Å². The van der Waals surface area contributed by atoms with Crippen LogP contribution in [0, 0.1) is 5.92 Å². The molecule has 1 aliphatic carbocycles. The second-order valence-corrected chi connectivity index (χ2v) is 7.18. The Labute approximate surface area is 139 Å². The normalized spacial score (nSPS) is 32.0. The maximum Gasteiger partial charge on any atom is 0.194 e. The molecule has 1 aromatic carbocycles. The molecule has 124 valence electrons. The van der Waals surface area contributed by atoms with Crippen LogP contribution in [0.1, 0.15) is 37.8 Å². The zero-order valence-corrected chi connectivity index (χ0v) is 14.1. The lowest BCUT2D eigenvalue weighted by molar-refractivity contribution is 0.219. The first-order chi connectivity index (χ1) is 11.3.